The molecule has 2 aromatic carbocycles. The average molecular weight is 761 g/mol. The molecule has 2 aromatic rings. The van der Waals surface area contributed by atoms with Crippen molar-refractivity contribution in [2.75, 3.05) is 4.98 Å². The van der Waals surface area contributed by atoms with Crippen LogP contribution in [-0.4, -0.2) is 68.8 Å². The third-order valence-electron chi connectivity index (χ3n) is 6.33. The van der Waals surface area contributed by atoms with Gasteiger partial charge in [-0.25, -0.2) is 0 Å². The Hall–Kier alpha value is -0.385. The summed E-state index contributed by atoms with van der Waals surface area (Å²) in [6.45, 7) is 29.6. The van der Waals surface area contributed by atoms with Crippen molar-refractivity contribution in [2.24, 2.45) is 0 Å². The van der Waals surface area contributed by atoms with Crippen LogP contribution < -0.4 is 9.96 Å². The van der Waals surface area contributed by atoms with Crippen molar-refractivity contribution in [1.29, 1.82) is 0 Å². The van der Waals surface area contributed by atoms with Gasteiger partial charge in [0.05, 0.1) is 0 Å². The second-order valence-corrected chi connectivity index (χ2v) is 42.2. The van der Waals surface area contributed by atoms with Crippen molar-refractivity contribution in [2.45, 2.75) is 98.2 Å². The van der Waals surface area contributed by atoms with Crippen molar-refractivity contribution >= 4 is 74.5 Å². The van der Waals surface area contributed by atoms with Gasteiger partial charge >= 0.3 is 68.8 Å². The topological polar surface area (TPSA) is 97.9 Å². The van der Waals surface area contributed by atoms with Crippen LogP contribution in [0.15, 0.2) is 60.7 Å². The summed E-state index contributed by atoms with van der Waals surface area (Å²) < 4.78 is 51.1. The number of rotatable bonds is 5. The van der Waals surface area contributed by atoms with E-state index in [-0.39, 0.29) is 0 Å². The van der Waals surface area contributed by atoms with Gasteiger partial charge in [-0.2, -0.15) is 0 Å². The first kappa shape index (κ1) is 39.1. The summed E-state index contributed by atoms with van der Waals surface area (Å²) in [5.41, 5.74) is 2.22. The first-order valence-electron chi connectivity index (χ1n) is 15.5. The van der Waals surface area contributed by atoms with Crippen LogP contribution in [0.4, 0.5) is 5.69 Å². The van der Waals surface area contributed by atoms with E-state index in [1.54, 1.807) is 0 Å². The van der Waals surface area contributed by atoms with Crippen LogP contribution in [0.5, 0.6) is 0 Å². The number of benzene rings is 2. The van der Waals surface area contributed by atoms with Gasteiger partial charge in [0.15, 0.2) is 0 Å². The summed E-state index contributed by atoms with van der Waals surface area (Å²) in [6, 6.07) is 20.3. The largest absolute Gasteiger partial charge is 0.435 e. The van der Waals surface area contributed by atoms with Crippen LogP contribution >= 0.6 is 0 Å². The molecular formula is C27H56N2O8Si8. The molecule has 0 atom stereocenters. The molecule has 0 saturated carbocycles. The molecule has 2 fully saturated rings. The predicted octanol–water partition coefficient (Wildman–Crippen LogP) is 7.38. The second-order valence-electron chi connectivity index (χ2n) is 14.4. The summed E-state index contributed by atoms with van der Waals surface area (Å²) in [6.07, 6.45) is 0. The first-order chi connectivity index (χ1) is 20.3. The highest BCUT2D eigenvalue weighted by molar-refractivity contribution is 6.94. The van der Waals surface area contributed by atoms with Gasteiger partial charge in [-0.3, -0.25) is 4.98 Å². The van der Waals surface area contributed by atoms with E-state index in [1.807, 2.05) is 55.1 Å². The van der Waals surface area contributed by atoms with E-state index in [4.69, 9.17) is 32.9 Å². The molecule has 0 aliphatic carbocycles. The zero-order valence-electron chi connectivity index (χ0n) is 29.7. The molecule has 2 saturated heterocycles. The van der Waals surface area contributed by atoms with Crippen molar-refractivity contribution in [3.63, 3.8) is 0 Å². The van der Waals surface area contributed by atoms with E-state index < -0.39 is 68.8 Å². The van der Waals surface area contributed by atoms with Crippen LogP contribution in [-0.2, 0) is 39.5 Å². The highest BCUT2D eigenvalue weighted by atomic mass is 28.5. The van der Waals surface area contributed by atoms with Crippen LogP contribution in [0.2, 0.25) is 91.7 Å². The Morgan fingerprint density at radius 2 is 0.711 bits per heavy atom. The lowest BCUT2D eigenvalue weighted by Crippen LogP contribution is -2.69. The molecule has 0 radical (unpaired) electrons. The SMILES string of the molecule is C[Si]1(C)O[Si](C)(C)O[Si](C)(NCc2ccccc2)O[Si](C)(C)O1.C[Si]1(C)O[Si](C)(C)O[Si](C)(Nc2ccccc2)O[Si](C)(C)O1. The Kier molecular flexibility index (Phi) is 12.3. The number of hydrogen-bond donors (Lipinski definition) is 2. The van der Waals surface area contributed by atoms with Gasteiger partial charge in [0.2, 0.25) is 0 Å². The molecule has 0 bridgehead atoms. The van der Waals surface area contributed by atoms with Gasteiger partial charge < -0.3 is 37.9 Å². The molecule has 0 amide bonds. The molecule has 18 heteroatoms. The van der Waals surface area contributed by atoms with Gasteiger partial charge in [0.1, 0.15) is 0 Å². The van der Waals surface area contributed by atoms with E-state index in [1.165, 1.54) is 5.56 Å². The molecule has 0 unspecified atom stereocenters. The average Bonchev–Trinajstić information content (AvgIpc) is 2.78. The highest BCUT2D eigenvalue weighted by Gasteiger charge is 2.54. The monoisotopic (exact) mass is 760 g/mol. The minimum absolute atomic E-state index is 0.722. The van der Waals surface area contributed by atoms with E-state index in [9.17, 15) is 0 Å². The molecule has 10 nitrogen and oxygen atoms in total. The fourth-order valence-electron chi connectivity index (χ4n) is 6.18. The Labute approximate surface area is 280 Å². The zero-order valence-corrected chi connectivity index (χ0v) is 37.7. The molecule has 4 rings (SSSR count). The lowest BCUT2D eigenvalue weighted by atomic mass is 10.2. The Bertz CT molecular complexity index is 1210. The number of hydrogen-bond acceptors (Lipinski definition) is 10. The lowest BCUT2D eigenvalue weighted by Gasteiger charge is -2.47. The maximum absolute atomic E-state index is 6.47. The fourth-order valence-corrected chi connectivity index (χ4v) is 46.7. The van der Waals surface area contributed by atoms with E-state index in [0.29, 0.717) is 0 Å². The van der Waals surface area contributed by atoms with Gasteiger partial charge in [0.25, 0.3) is 0 Å². The maximum Gasteiger partial charge on any atom is 0.435 e. The molecule has 0 aromatic heterocycles. The zero-order chi connectivity index (χ0) is 34.0. The maximum atomic E-state index is 6.47. The molecule has 2 aliphatic rings. The predicted molar refractivity (Wildman–Crippen MR) is 200 cm³/mol. The van der Waals surface area contributed by atoms with Crippen LogP contribution in [0, 0.1) is 0 Å². The number of para-hydroxylation sites is 1. The summed E-state index contributed by atoms with van der Waals surface area (Å²) in [7, 11) is -19.0. The smallest absolute Gasteiger partial charge is 0.416 e. The van der Waals surface area contributed by atoms with E-state index >= 15 is 0 Å². The minimum Gasteiger partial charge on any atom is -0.416 e. The van der Waals surface area contributed by atoms with Gasteiger partial charge in [-0.1, -0.05) is 48.5 Å². The van der Waals surface area contributed by atoms with Crippen LogP contribution in [0.25, 0.3) is 0 Å². The second kappa shape index (κ2) is 14.2. The highest BCUT2D eigenvalue weighted by Crippen LogP contribution is 2.32. The number of nitrogens with one attached hydrogen (secondary N) is 2. The Morgan fingerprint density at radius 3 is 1.09 bits per heavy atom. The van der Waals surface area contributed by atoms with Crippen molar-refractivity contribution in [1.82, 2.24) is 4.98 Å². The first-order valence-corrected chi connectivity index (χ1v) is 37.1. The number of anilines is 1. The van der Waals surface area contributed by atoms with Crippen molar-refractivity contribution in [3.8, 4) is 0 Å². The summed E-state index contributed by atoms with van der Waals surface area (Å²) >= 11 is 0. The van der Waals surface area contributed by atoms with Crippen LogP contribution in [0.3, 0.4) is 0 Å². The molecular weight excluding hydrogens is 705 g/mol. The molecule has 254 valence electrons. The van der Waals surface area contributed by atoms with E-state index in [0.717, 1.165) is 12.2 Å². The van der Waals surface area contributed by atoms with Gasteiger partial charge in [-0.15, -0.1) is 0 Å². The third kappa shape index (κ3) is 13.6. The van der Waals surface area contributed by atoms with Crippen LogP contribution in [0.1, 0.15) is 5.56 Å². The molecule has 0 spiro atoms. The lowest BCUT2D eigenvalue weighted by molar-refractivity contribution is 0.226. The van der Waals surface area contributed by atoms with Crippen molar-refractivity contribution < 1.29 is 32.9 Å². The van der Waals surface area contributed by atoms with Gasteiger partial charge in [-0.05, 0) is 109 Å². The summed E-state index contributed by atoms with van der Waals surface area (Å²) in [5, 5.41) is 0. The molecule has 45 heavy (non-hydrogen) atoms. The third-order valence-corrected chi connectivity index (χ3v) is 37.7. The quantitative estimate of drug-likeness (QED) is 0.301. The normalized spacial score (nSPS) is 25.6. The fraction of sp³-hybridized carbons (Fsp3) is 0.556. The van der Waals surface area contributed by atoms with Gasteiger partial charge in [0, 0.05) is 12.2 Å². The Balaban J connectivity index is 0.000000246. The molecule has 2 N–H and O–H groups in total. The standard InChI is InChI=1S/C14H29NO4Si4.C13H27NO4Si4/c1-20(2)16-21(3,4)18-23(7,19-22(5,6)17-20)15-13-14-11-9-8-10-12-14;1-19(2)15-20(3,4)17-22(7,18-21(5,6)16-19)14-13-11-9-8-10-12-13/h8-12,15H,13H2,1-7H3;8-12,14H,1-7H3. The summed E-state index contributed by atoms with van der Waals surface area (Å²) in [4.78, 5) is 7.02. The van der Waals surface area contributed by atoms with Crippen molar-refractivity contribution in [3.05, 3.63) is 66.2 Å². The molecule has 2 heterocycles. The van der Waals surface area contributed by atoms with E-state index in [2.05, 4.69) is 107 Å². The minimum atomic E-state index is -2.65. The molecule has 2 aliphatic heterocycles. The Morgan fingerprint density at radius 1 is 0.400 bits per heavy atom. The summed E-state index contributed by atoms with van der Waals surface area (Å²) in [5.74, 6) is 0.